The van der Waals surface area contributed by atoms with E-state index in [0.29, 0.717) is 17.1 Å². The van der Waals surface area contributed by atoms with Gasteiger partial charge >= 0.3 is 0 Å². The molecule has 0 saturated carbocycles. The number of hydrogen-bond donors (Lipinski definition) is 1. The van der Waals surface area contributed by atoms with Crippen molar-refractivity contribution in [2.75, 3.05) is 12.9 Å². The van der Waals surface area contributed by atoms with Gasteiger partial charge in [-0.05, 0) is 31.0 Å². The van der Waals surface area contributed by atoms with E-state index in [0.717, 1.165) is 0 Å². The summed E-state index contributed by atoms with van der Waals surface area (Å²) >= 11 is 1.35. The molecule has 120 valence electrons. The minimum Gasteiger partial charge on any atom is -0.496 e. The van der Waals surface area contributed by atoms with Gasteiger partial charge in [0.25, 0.3) is 0 Å². The van der Waals surface area contributed by atoms with E-state index in [2.05, 4.69) is 11.4 Å². The van der Waals surface area contributed by atoms with Crippen LogP contribution in [0.2, 0.25) is 0 Å². The van der Waals surface area contributed by atoms with Gasteiger partial charge in [-0.2, -0.15) is 5.26 Å². The van der Waals surface area contributed by atoms with Crippen molar-refractivity contribution in [2.45, 2.75) is 32.1 Å². The van der Waals surface area contributed by atoms with Crippen LogP contribution in [0.5, 0.6) is 5.75 Å². The molecular formula is C16H21FN2O2S. The molecule has 6 heteroatoms. The van der Waals surface area contributed by atoms with Crippen molar-refractivity contribution in [3.8, 4) is 11.8 Å². The summed E-state index contributed by atoms with van der Waals surface area (Å²) in [7, 11) is 1.52. The lowest BCUT2D eigenvalue weighted by Crippen LogP contribution is -2.49. The molecule has 0 bridgehead atoms. The van der Waals surface area contributed by atoms with Gasteiger partial charge in [0.05, 0.1) is 18.9 Å². The summed E-state index contributed by atoms with van der Waals surface area (Å²) < 4.78 is 18.4. The van der Waals surface area contributed by atoms with Crippen LogP contribution in [0.1, 0.15) is 26.3 Å². The summed E-state index contributed by atoms with van der Waals surface area (Å²) in [5.74, 6) is 0.715. The summed E-state index contributed by atoms with van der Waals surface area (Å²) in [6, 6.07) is 6.43. The first-order valence-electron chi connectivity index (χ1n) is 6.94. The number of nitriles is 1. The highest BCUT2D eigenvalue weighted by Crippen LogP contribution is 2.24. The quantitative estimate of drug-likeness (QED) is 0.837. The molecule has 1 atom stereocenters. The highest BCUT2D eigenvalue weighted by Gasteiger charge is 2.29. The van der Waals surface area contributed by atoms with Gasteiger partial charge in [0, 0.05) is 11.3 Å². The van der Waals surface area contributed by atoms with E-state index in [9.17, 15) is 14.4 Å². The van der Waals surface area contributed by atoms with E-state index < -0.39 is 5.54 Å². The number of benzene rings is 1. The standard InChI is InChI=1S/C16H21FN2O2S/c1-11(2)16(3,10-18)19-15(20)9-22-8-12-7-13(17)5-6-14(12)21-4/h5-7,11H,8-9H2,1-4H3,(H,19,20)/t16-/m0/s1. The number of carbonyl (C=O) groups excluding carboxylic acids is 1. The maximum atomic E-state index is 13.2. The highest BCUT2D eigenvalue weighted by molar-refractivity contribution is 7.99. The van der Waals surface area contributed by atoms with E-state index in [1.807, 2.05) is 13.8 Å². The van der Waals surface area contributed by atoms with Gasteiger partial charge in [-0.3, -0.25) is 4.79 Å². The molecule has 0 fully saturated rings. The summed E-state index contributed by atoms with van der Waals surface area (Å²) in [5, 5.41) is 11.9. The second-order valence-corrected chi connectivity index (χ2v) is 6.45. The van der Waals surface area contributed by atoms with Crippen molar-refractivity contribution in [3.63, 3.8) is 0 Å². The van der Waals surface area contributed by atoms with E-state index >= 15 is 0 Å². The average molecular weight is 324 g/mol. The average Bonchev–Trinajstić information content (AvgIpc) is 2.47. The van der Waals surface area contributed by atoms with Gasteiger partial charge in [0.15, 0.2) is 0 Å². The molecule has 1 aromatic rings. The summed E-state index contributed by atoms with van der Waals surface area (Å²) in [4.78, 5) is 11.9. The van der Waals surface area contributed by atoms with Crippen LogP contribution in [0.25, 0.3) is 0 Å². The third-order valence-corrected chi connectivity index (χ3v) is 4.50. The number of nitrogens with one attached hydrogen (secondary N) is 1. The van der Waals surface area contributed by atoms with Crippen LogP contribution in [0.3, 0.4) is 0 Å². The zero-order valence-electron chi connectivity index (χ0n) is 13.3. The fourth-order valence-corrected chi connectivity index (χ4v) is 2.55. The lowest BCUT2D eigenvalue weighted by atomic mass is 9.90. The number of ether oxygens (including phenoxy) is 1. The second-order valence-electron chi connectivity index (χ2n) is 5.47. The predicted molar refractivity (Wildman–Crippen MR) is 86.1 cm³/mol. The summed E-state index contributed by atoms with van der Waals surface area (Å²) in [5.41, 5.74) is -0.180. The molecule has 0 aliphatic rings. The Morgan fingerprint density at radius 1 is 1.55 bits per heavy atom. The van der Waals surface area contributed by atoms with Gasteiger partial charge in [-0.25, -0.2) is 4.39 Å². The molecule has 0 aliphatic carbocycles. The van der Waals surface area contributed by atoms with Crippen molar-refractivity contribution in [2.24, 2.45) is 5.92 Å². The van der Waals surface area contributed by atoms with E-state index in [-0.39, 0.29) is 23.4 Å². The second kappa shape index (κ2) is 8.04. The molecule has 0 aliphatic heterocycles. The minimum atomic E-state index is -0.881. The largest absolute Gasteiger partial charge is 0.496 e. The summed E-state index contributed by atoms with van der Waals surface area (Å²) in [6.07, 6.45) is 0. The third kappa shape index (κ3) is 4.92. The Morgan fingerprint density at radius 2 is 2.23 bits per heavy atom. The number of rotatable bonds is 7. The zero-order valence-corrected chi connectivity index (χ0v) is 14.1. The fraction of sp³-hybridized carbons (Fsp3) is 0.500. The third-order valence-electron chi connectivity index (χ3n) is 3.52. The predicted octanol–water partition coefficient (Wildman–Crippen LogP) is 3.12. The number of hydrogen-bond acceptors (Lipinski definition) is 4. The number of methoxy groups -OCH3 is 1. The van der Waals surface area contributed by atoms with Crippen molar-refractivity contribution in [1.29, 1.82) is 5.26 Å². The van der Waals surface area contributed by atoms with E-state index in [1.165, 1.54) is 31.0 Å². The zero-order chi connectivity index (χ0) is 16.8. The molecule has 1 amide bonds. The Kier molecular flexibility index (Phi) is 6.69. The number of carbonyl (C=O) groups is 1. The van der Waals surface area contributed by atoms with Crippen LogP contribution in [-0.4, -0.2) is 24.3 Å². The lowest BCUT2D eigenvalue weighted by Gasteiger charge is -2.27. The minimum absolute atomic E-state index is 0.00904. The lowest BCUT2D eigenvalue weighted by molar-refractivity contribution is -0.120. The van der Waals surface area contributed by atoms with Crippen molar-refractivity contribution < 1.29 is 13.9 Å². The Hall–Kier alpha value is -1.74. The Balaban J connectivity index is 2.56. The topological polar surface area (TPSA) is 62.1 Å². The van der Waals surface area contributed by atoms with Crippen molar-refractivity contribution >= 4 is 17.7 Å². The van der Waals surface area contributed by atoms with Gasteiger partial charge in [0.1, 0.15) is 17.1 Å². The molecule has 1 rings (SSSR count). The molecule has 0 unspecified atom stereocenters. The molecule has 0 saturated heterocycles. The maximum absolute atomic E-state index is 13.2. The number of halogens is 1. The van der Waals surface area contributed by atoms with E-state index in [4.69, 9.17) is 4.74 Å². The molecule has 22 heavy (non-hydrogen) atoms. The number of amides is 1. The molecule has 0 radical (unpaired) electrons. The Bertz CT molecular complexity index is 572. The molecule has 1 aromatic carbocycles. The molecule has 1 N–H and O–H groups in total. The molecule has 0 aromatic heterocycles. The molecule has 0 heterocycles. The highest BCUT2D eigenvalue weighted by atomic mass is 32.2. The van der Waals surface area contributed by atoms with Gasteiger partial charge in [0.2, 0.25) is 5.91 Å². The molecule has 4 nitrogen and oxygen atoms in total. The normalized spacial score (nSPS) is 13.3. The fourth-order valence-electron chi connectivity index (χ4n) is 1.74. The van der Waals surface area contributed by atoms with Gasteiger partial charge < -0.3 is 10.1 Å². The van der Waals surface area contributed by atoms with Crippen LogP contribution in [-0.2, 0) is 10.5 Å². The molecular weight excluding hydrogens is 303 g/mol. The van der Waals surface area contributed by atoms with E-state index in [1.54, 1.807) is 13.0 Å². The maximum Gasteiger partial charge on any atom is 0.231 e. The number of nitrogens with zero attached hydrogens (tertiary/aromatic N) is 1. The first kappa shape index (κ1) is 18.3. The van der Waals surface area contributed by atoms with Crippen molar-refractivity contribution in [1.82, 2.24) is 5.32 Å². The van der Waals surface area contributed by atoms with Crippen LogP contribution in [0.4, 0.5) is 4.39 Å². The smallest absolute Gasteiger partial charge is 0.231 e. The van der Waals surface area contributed by atoms with Gasteiger partial charge in [-0.15, -0.1) is 11.8 Å². The van der Waals surface area contributed by atoms with Crippen LogP contribution < -0.4 is 10.1 Å². The SMILES string of the molecule is COc1ccc(F)cc1CSCC(=O)N[C@@](C)(C#N)C(C)C. The van der Waals surface area contributed by atoms with Crippen LogP contribution in [0, 0.1) is 23.1 Å². The first-order valence-corrected chi connectivity index (χ1v) is 8.10. The summed E-state index contributed by atoms with van der Waals surface area (Å²) in [6.45, 7) is 5.47. The number of thioether (sulfide) groups is 1. The Morgan fingerprint density at radius 3 is 2.77 bits per heavy atom. The van der Waals surface area contributed by atoms with Crippen LogP contribution in [0.15, 0.2) is 18.2 Å². The first-order chi connectivity index (χ1) is 10.3. The van der Waals surface area contributed by atoms with Gasteiger partial charge in [-0.1, -0.05) is 13.8 Å². The monoisotopic (exact) mass is 324 g/mol. The Labute approximate surface area is 135 Å². The van der Waals surface area contributed by atoms with Crippen LogP contribution >= 0.6 is 11.8 Å². The van der Waals surface area contributed by atoms with Crippen molar-refractivity contribution in [3.05, 3.63) is 29.6 Å². The molecule has 0 spiro atoms.